The molecule has 2 aliphatic heterocycles. The zero-order valence-electron chi connectivity index (χ0n) is 15.9. The van der Waals surface area contributed by atoms with Crippen molar-refractivity contribution in [2.75, 3.05) is 37.6 Å². The van der Waals surface area contributed by atoms with Crippen molar-refractivity contribution in [2.45, 2.75) is 18.9 Å². The number of anilines is 1. The first-order chi connectivity index (χ1) is 13.5. The van der Waals surface area contributed by atoms with E-state index in [-0.39, 0.29) is 23.7 Å². The summed E-state index contributed by atoms with van der Waals surface area (Å²) < 4.78 is 14.8. The summed E-state index contributed by atoms with van der Waals surface area (Å²) >= 11 is 0. The van der Waals surface area contributed by atoms with Crippen LogP contribution in [0.3, 0.4) is 0 Å². The highest BCUT2D eigenvalue weighted by molar-refractivity contribution is 5.98. The number of hydrogen-bond donors (Lipinski definition) is 0. The monoisotopic (exact) mass is 385 g/mol. The summed E-state index contributed by atoms with van der Waals surface area (Å²) in [6.45, 7) is 3.15. The predicted molar refractivity (Wildman–Crippen MR) is 102 cm³/mol. The molecule has 0 radical (unpaired) electrons. The van der Waals surface area contributed by atoms with Crippen molar-refractivity contribution in [3.63, 3.8) is 0 Å². The van der Waals surface area contributed by atoms with Gasteiger partial charge in [-0.15, -0.1) is 0 Å². The van der Waals surface area contributed by atoms with Gasteiger partial charge in [0, 0.05) is 51.5 Å². The number of piperazine rings is 1. The number of piperidine rings is 1. The summed E-state index contributed by atoms with van der Waals surface area (Å²) in [7, 11) is 1.84. The molecule has 2 aliphatic rings. The number of carbonyl (C=O) groups excluding carboxylic acids is 2. The van der Waals surface area contributed by atoms with E-state index in [2.05, 4.69) is 10.00 Å². The third-order valence-electron chi connectivity index (χ3n) is 5.55. The zero-order valence-corrected chi connectivity index (χ0v) is 15.9. The molecule has 2 amide bonds. The molecule has 0 bridgehead atoms. The quantitative estimate of drug-likeness (QED) is 0.804. The lowest BCUT2D eigenvalue weighted by Crippen LogP contribution is -2.58. The maximum absolute atomic E-state index is 13.1. The van der Waals surface area contributed by atoms with Crippen LogP contribution < -0.4 is 4.90 Å². The Morgan fingerprint density at radius 2 is 1.82 bits per heavy atom. The molecule has 148 valence electrons. The van der Waals surface area contributed by atoms with Crippen molar-refractivity contribution in [3.8, 4) is 0 Å². The van der Waals surface area contributed by atoms with Crippen LogP contribution in [0, 0.1) is 5.82 Å². The second kappa shape index (κ2) is 7.71. The van der Waals surface area contributed by atoms with E-state index in [1.807, 2.05) is 18.1 Å². The van der Waals surface area contributed by atoms with E-state index in [4.69, 9.17) is 0 Å². The van der Waals surface area contributed by atoms with Crippen molar-refractivity contribution in [3.05, 3.63) is 48.0 Å². The number of aromatic nitrogens is 2. The molecule has 2 aromatic rings. The van der Waals surface area contributed by atoms with Crippen LogP contribution in [0.25, 0.3) is 0 Å². The standard InChI is InChI=1S/C20H24FN5O2/c1-23-14-17(13-22-23)26-8-2-3-18(20(26)28)24-9-11-25(12-10-24)19(27)15-4-6-16(21)7-5-15/h4-7,13-14,18H,2-3,8-12H2,1H3/t18-/m1/s1. The lowest BCUT2D eigenvalue weighted by Gasteiger charge is -2.42. The Hall–Kier alpha value is -2.74. The molecule has 0 saturated carbocycles. The number of nitrogens with zero attached hydrogens (tertiary/aromatic N) is 5. The zero-order chi connectivity index (χ0) is 19.7. The fourth-order valence-electron chi connectivity index (χ4n) is 4.01. The average Bonchev–Trinajstić information content (AvgIpc) is 3.14. The number of amides is 2. The first kappa shape index (κ1) is 18.6. The molecule has 1 aromatic heterocycles. The third-order valence-corrected chi connectivity index (χ3v) is 5.55. The second-order valence-corrected chi connectivity index (χ2v) is 7.36. The Labute approximate surface area is 163 Å². The molecule has 0 aliphatic carbocycles. The summed E-state index contributed by atoms with van der Waals surface area (Å²) in [5.41, 5.74) is 1.33. The molecule has 3 heterocycles. The first-order valence-electron chi connectivity index (χ1n) is 9.62. The molecule has 1 aromatic carbocycles. The smallest absolute Gasteiger partial charge is 0.253 e. The van der Waals surface area contributed by atoms with Gasteiger partial charge < -0.3 is 9.80 Å². The highest BCUT2D eigenvalue weighted by atomic mass is 19.1. The lowest BCUT2D eigenvalue weighted by molar-refractivity contribution is -0.126. The van der Waals surface area contributed by atoms with Gasteiger partial charge in [0.2, 0.25) is 5.91 Å². The molecule has 8 heteroatoms. The van der Waals surface area contributed by atoms with Crippen LogP contribution in [0.2, 0.25) is 0 Å². The summed E-state index contributed by atoms with van der Waals surface area (Å²) in [4.78, 5) is 31.4. The fraction of sp³-hybridized carbons (Fsp3) is 0.450. The summed E-state index contributed by atoms with van der Waals surface area (Å²) in [6.07, 6.45) is 5.36. The van der Waals surface area contributed by atoms with E-state index in [0.717, 1.165) is 18.5 Å². The van der Waals surface area contributed by atoms with E-state index < -0.39 is 0 Å². The number of carbonyl (C=O) groups is 2. The maximum atomic E-state index is 13.1. The van der Waals surface area contributed by atoms with Gasteiger partial charge in [-0.25, -0.2) is 4.39 Å². The van der Waals surface area contributed by atoms with E-state index in [9.17, 15) is 14.0 Å². The first-order valence-corrected chi connectivity index (χ1v) is 9.62. The number of benzene rings is 1. The average molecular weight is 385 g/mol. The van der Waals surface area contributed by atoms with Crippen molar-refractivity contribution >= 4 is 17.5 Å². The fourth-order valence-corrected chi connectivity index (χ4v) is 4.01. The van der Waals surface area contributed by atoms with Crippen LogP contribution >= 0.6 is 0 Å². The maximum Gasteiger partial charge on any atom is 0.253 e. The van der Waals surface area contributed by atoms with Crippen LogP contribution in [-0.4, -0.2) is 70.2 Å². The minimum atomic E-state index is -0.352. The Bertz CT molecular complexity index is 858. The summed E-state index contributed by atoms with van der Waals surface area (Å²) in [5.74, 6) is -0.334. The van der Waals surface area contributed by atoms with Crippen LogP contribution in [0.5, 0.6) is 0 Å². The van der Waals surface area contributed by atoms with Crippen LogP contribution in [0.4, 0.5) is 10.1 Å². The SMILES string of the molecule is Cn1cc(N2CCC[C@@H](N3CCN(C(=O)c4ccc(F)cc4)CC3)C2=O)cn1. The number of halogens is 1. The van der Waals surface area contributed by atoms with Gasteiger partial charge in [-0.1, -0.05) is 0 Å². The van der Waals surface area contributed by atoms with Gasteiger partial charge in [0.25, 0.3) is 5.91 Å². The lowest BCUT2D eigenvalue weighted by atomic mass is 10.0. The van der Waals surface area contributed by atoms with Crippen molar-refractivity contribution in [2.24, 2.45) is 7.05 Å². The summed E-state index contributed by atoms with van der Waals surface area (Å²) in [6, 6.07) is 5.48. The summed E-state index contributed by atoms with van der Waals surface area (Å²) in [5, 5.41) is 4.17. The molecule has 2 saturated heterocycles. The molecule has 0 unspecified atom stereocenters. The van der Waals surface area contributed by atoms with E-state index in [1.165, 1.54) is 24.3 Å². The predicted octanol–water partition coefficient (Wildman–Crippen LogP) is 1.51. The van der Waals surface area contributed by atoms with Gasteiger partial charge in [-0.2, -0.15) is 5.10 Å². The van der Waals surface area contributed by atoms with E-state index in [0.29, 0.717) is 38.3 Å². The minimum Gasteiger partial charge on any atom is -0.336 e. The molecule has 28 heavy (non-hydrogen) atoms. The molecule has 4 rings (SSSR count). The topological polar surface area (TPSA) is 61.7 Å². The minimum absolute atomic E-state index is 0.0911. The Morgan fingerprint density at radius 3 is 2.46 bits per heavy atom. The van der Waals surface area contributed by atoms with Crippen LogP contribution in [-0.2, 0) is 11.8 Å². The number of rotatable bonds is 3. The largest absolute Gasteiger partial charge is 0.336 e. The van der Waals surface area contributed by atoms with Crippen molar-refractivity contribution < 1.29 is 14.0 Å². The van der Waals surface area contributed by atoms with Gasteiger partial charge >= 0.3 is 0 Å². The van der Waals surface area contributed by atoms with E-state index in [1.54, 1.807) is 15.8 Å². The molecule has 1 atom stereocenters. The second-order valence-electron chi connectivity index (χ2n) is 7.36. The van der Waals surface area contributed by atoms with Crippen LogP contribution in [0.1, 0.15) is 23.2 Å². The Kier molecular flexibility index (Phi) is 5.13. The highest BCUT2D eigenvalue weighted by Crippen LogP contribution is 2.24. The number of hydrogen-bond acceptors (Lipinski definition) is 4. The molecular formula is C20H24FN5O2. The van der Waals surface area contributed by atoms with Gasteiger partial charge in [-0.3, -0.25) is 19.2 Å². The molecule has 0 spiro atoms. The number of aryl methyl sites for hydroxylation is 1. The normalized spacial score (nSPS) is 21.2. The van der Waals surface area contributed by atoms with Gasteiger partial charge in [-0.05, 0) is 37.1 Å². The van der Waals surface area contributed by atoms with Gasteiger partial charge in [0.15, 0.2) is 0 Å². The molecule has 7 nitrogen and oxygen atoms in total. The highest BCUT2D eigenvalue weighted by Gasteiger charge is 2.36. The van der Waals surface area contributed by atoms with Crippen molar-refractivity contribution in [1.82, 2.24) is 19.6 Å². The molecule has 0 N–H and O–H groups in total. The Morgan fingerprint density at radius 1 is 1.11 bits per heavy atom. The molecular weight excluding hydrogens is 361 g/mol. The van der Waals surface area contributed by atoms with E-state index >= 15 is 0 Å². The third kappa shape index (κ3) is 3.64. The van der Waals surface area contributed by atoms with Crippen molar-refractivity contribution in [1.29, 1.82) is 0 Å². The van der Waals surface area contributed by atoms with Crippen LogP contribution in [0.15, 0.2) is 36.7 Å². The molecule has 2 fully saturated rings. The Balaban J connectivity index is 1.38. The van der Waals surface area contributed by atoms with Gasteiger partial charge in [0.1, 0.15) is 5.82 Å². The van der Waals surface area contributed by atoms with Gasteiger partial charge in [0.05, 0.1) is 17.9 Å².